The Kier molecular flexibility index (Phi) is 4.37. The van der Waals surface area contributed by atoms with Crippen molar-refractivity contribution in [3.8, 4) is 11.6 Å². The van der Waals surface area contributed by atoms with Gasteiger partial charge in [-0.15, -0.1) is 0 Å². The van der Waals surface area contributed by atoms with Crippen molar-refractivity contribution < 1.29 is 4.74 Å². The lowest BCUT2D eigenvalue weighted by molar-refractivity contribution is 0.458. The first-order valence-corrected chi connectivity index (χ1v) is 6.91. The van der Waals surface area contributed by atoms with Crippen LogP contribution in [0.2, 0.25) is 0 Å². The first-order valence-electron chi connectivity index (χ1n) is 6.12. The molecular weight excluding hydrogens is 306 g/mol. The predicted octanol–water partition coefficient (Wildman–Crippen LogP) is 4.08. The normalized spacial score (nSPS) is 10.3. The zero-order chi connectivity index (χ0) is 13.8. The molecule has 0 aliphatic rings. The van der Waals surface area contributed by atoms with Crippen molar-refractivity contribution in [2.75, 3.05) is 11.9 Å². The molecule has 0 fully saturated rings. The van der Waals surface area contributed by atoms with Crippen molar-refractivity contribution in [1.82, 2.24) is 9.97 Å². The molecule has 0 saturated carbocycles. The highest BCUT2D eigenvalue weighted by atomic mass is 79.9. The van der Waals surface area contributed by atoms with E-state index in [9.17, 15) is 0 Å². The number of rotatable bonds is 4. The topological polar surface area (TPSA) is 47.0 Å². The first kappa shape index (κ1) is 13.8. The molecule has 1 N–H and O–H groups in total. The van der Waals surface area contributed by atoms with E-state index in [-0.39, 0.29) is 0 Å². The summed E-state index contributed by atoms with van der Waals surface area (Å²) in [5.41, 5.74) is 1.93. The van der Waals surface area contributed by atoms with Gasteiger partial charge < -0.3 is 10.1 Å². The number of aryl methyl sites for hydroxylation is 2. The number of benzene rings is 1. The number of anilines is 1. The fourth-order valence-electron chi connectivity index (χ4n) is 1.63. The van der Waals surface area contributed by atoms with Gasteiger partial charge in [-0.1, -0.05) is 22.0 Å². The Labute approximate surface area is 121 Å². The van der Waals surface area contributed by atoms with Crippen molar-refractivity contribution in [2.45, 2.75) is 20.8 Å². The smallest absolute Gasteiger partial charge is 0.226 e. The maximum Gasteiger partial charge on any atom is 0.226 e. The monoisotopic (exact) mass is 321 g/mol. The van der Waals surface area contributed by atoms with E-state index in [1.807, 2.05) is 45.0 Å². The van der Waals surface area contributed by atoms with Gasteiger partial charge in [0.1, 0.15) is 5.75 Å². The summed E-state index contributed by atoms with van der Waals surface area (Å²) in [5, 5.41) is 3.09. The zero-order valence-electron chi connectivity index (χ0n) is 11.2. The second-order valence-electron chi connectivity index (χ2n) is 4.21. The number of ether oxygens (including phenoxy) is 1. The molecule has 4 nitrogen and oxygen atoms in total. The summed E-state index contributed by atoms with van der Waals surface area (Å²) < 4.78 is 6.81. The minimum atomic E-state index is 0.546. The second kappa shape index (κ2) is 6.02. The van der Waals surface area contributed by atoms with Crippen LogP contribution >= 0.6 is 15.9 Å². The third-order valence-electron chi connectivity index (χ3n) is 2.53. The summed E-state index contributed by atoms with van der Waals surface area (Å²) >= 11 is 3.44. The van der Waals surface area contributed by atoms with Gasteiger partial charge in [0.2, 0.25) is 11.8 Å². The zero-order valence-corrected chi connectivity index (χ0v) is 12.8. The lowest BCUT2D eigenvalue weighted by Gasteiger charge is -2.10. The molecule has 0 amide bonds. The third kappa shape index (κ3) is 3.67. The number of nitrogens with zero attached hydrogens (tertiary/aromatic N) is 2. The SMILES string of the molecule is CCNc1nc(C)cc(Oc2cc(Br)ccc2C)n1. The van der Waals surface area contributed by atoms with Gasteiger partial charge >= 0.3 is 0 Å². The molecule has 0 aliphatic carbocycles. The average Bonchev–Trinajstić information content (AvgIpc) is 2.33. The number of aromatic nitrogens is 2. The van der Waals surface area contributed by atoms with Crippen LogP contribution in [0.25, 0.3) is 0 Å². The first-order chi connectivity index (χ1) is 9.08. The molecule has 19 heavy (non-hydrogen) atoms. The van der Waals surface area contributed by atoms with Crippen LogP contribution in [0.4, 0.5) is 5.95 Å². The third-order valence-corrected chi connectivity index (χ3v) is 3.02. The number of hydrogen-bond donors (Lipinski definition) is 1. The second-order valence-corrected chi connectivity index (χ2v) is 5.13. The van der Waals surface area contributed by atoms with Gasteiger partial charge in [0, 0.05) is 22.8 Å². The molecular formula is C14H16BrN3O. The number of nitrogens with one attached hydrogen (secondary N) is 1. The minimum Gasteiger partial charge on any atom is -0.439 e. The van der Waals surface area contributed by atoms with Gasteiger partial charge in [0.05, 0.1) is 0 Å². The highest BCUT2D eigenvalue weighted by Crippen LogP contribution is 2.27. The van der Waals surface area contributed by atoms with Crippen molar-refractivity contribution in [2.24, 2.45) is 0 Å². The van der Waals surface area contributed by atoms with E-state index in [1.54, 1.807) is 0 Å². The molecule has 1 aromatic heterocycles. The van der Waals surface area contributed by atoms with E-state index >= 15 is 0 Å². The molecule has 0 spiro atoms. The summed E-state index contributed by atoms with van der Waals surface area (Å²) in [5.74, 6) is 1.92. The Hall–Kier alpha value is -1.62. The highest BCUT2D eigenvalue weighted by Gasteiger charge is 2.06. The Morgan fingerprint density at radius 1 is 1.21 bits per heavy atom. The van der Waals surface area contributed by atoms with Gasteiger partial charge in [-0.3, -0.25) is 0 Å². The van der Waals surface area contributed by atoms with Gasteiger partial charge in [-0.25, -0.2) is 4.98 Å². The molecule has 100 valence electrons. The van der Waals surface area contributed by atoms with Crippen LogP contribution in [-0.2, 0) is 0 Å². The van der Waals surface area contributed by atoms with Crippen LogP contribution in [0.5, 0.6) is 11.6 Å². The molecule has 0 aliphatic heterocycles. The van der Waals surface area contributed by atoms with Gasteiger partial charge in [-0.2, -0.15) is 4.98 Å². The summed E-state index contributed by atoms with van der Waals surface area (Å²) in [7, 11) is 0. The quantitative estimate of drug-likeness (QED) is 0.921. The van der Waals surface area contributed by atoms with E-state index in [0.717, 1.165) is 28.0 Å². The lowest BCUT2D eigenvalue weighted by Crippen LogP contribution is -2.04. The van der Waals surface area contributed by atoms with Crippen LogP contribution in [0.1, 0.15) is 18.2 Å². The Balaban J connectivity index is 2.29. The van der Waals surface area contributed by atoms with E-state index in [0.29, 0.717) is 11.8 Å². The van der Waals surface area contributed by atoms with E-state index in [1.165, 1.54) is 0 Å². The summed E-state index contributed by atoms with van der Waals surface area (Å²) in [4.78, 5) is 8.62. The van der Waals surface area contributed by atoms with Crippen LogP contribution in [0, 0.1) is 13.8 Å². The van der Waals surface area contributed by atoms with Crippen LogP contribution < -0.4 is 10.1 Å². The Bertz CT molecular complexity index is 587. The molecule has 0 saturated heterocycles. The standard InChI is InChI=1S/C14H16BrN3O/c1-4-16-14-17-10(3)7-13(18-14)19-12-8-11(15)6-5-9(12)2/h5-8H,4H2,1-3H3,(H,16,17,18). The predicted molar refractivity (Wildman–Crippen MR) is 79.9 cm³/mol. The molecule has 0 radical (unpaired) electrons. The summed E-state index contributed by atoms with van der Waals surface area (Å²) in [6.45, 7) is 6.70. The van der Waals surface area contributed by atoms with Crippen LogP contribution in [-0.4, -0.2) is 16.5 Å². The Morgan fingerprint density at radius 2 is 2.00 bits per heavy atom. The molecule has 1 aromatic carbocycles. The van der Waals surface area contributed by atoms with Crippen molar-refractivity contribution >= 4 is 21.9 Å². The number of hydrogen-bond acceptors (Lipinski definition) is 4. The summed E-state index contributed by atoms with van der Waals surface area (Å²) in [6, 6.07) is 7.73. The number of halogens is 1. The Morgan fingerprint density at radius 3 is 2.74 bits per heavy atom. The molecule has 0 atom stereocenters. The van der Waals surface area contributed by atoms with Crippen molar-refractivity contribution in [3.05, 3.63) is 40.0 Å². The van der Waals surface area contributed by atoms with Crippen LogP contribution in [0.3, 0.4) is 0 Å². The van der Waals surface area contributed by atoms with Crippen molar-refractivity contribution in [1.29, 1.82) is 0 Å². The van der Waals surface area contributed by atoms with Crippen molar-refractivity contribution in [3.63, 3.8) is 0 Å². The van der Waals surface area contributed by atoms with E-state index in [2.05, 4.69) is 31.2 Å². The van der Waals surface area contributed by atoms with Gasteiger partial charge in [0.15, 0.2) is 0 Å². The van der Waals surface area contributed by atoms with E-state index < -0.39 is 0 Å². The largest absolute Gasteiger partial charge is 0.439 e. The minimum absolute atomic E-state index is 0.546. The fourth-order valence-corrected chi connectivity index (χ4v) is 1.97. The van der Waals surface area contributed by atoms with E-state index in [4.69, 9.17) is 4.74 Å². The molecule has 2 aromatic rings. The molecule has 2 rings (SSSR count). The molecule has 1 heterocycles. The molecule has 0 unspecified atom stereocenters. The maximum atomic E-state index is 5.84. The molecule has 0 bridgehead atoms. The lowest BCUT2D eigenvalue weighted by atomic mass is 10.2. The fraction of sp³-hybridized carbons (Fsp3) is 0.286. The van der Waals surface area contributed by atoms with Crippen LogP contribution in [0.15, 0.2) is 28.7 Å². The maximum absolute atomic E-state index is 5.84. The summed E-state index contributed by atoms with van der Waals surface area (Å²) in [6.07, 6.45) is 0. The molecule has 5 heteroatoms. The van der Waals surface area contributed by atoms with Gasteiger partial charge in [-0.05, 0) is 38.5 Å². The average molecular weight is 322 g/mol. The highest BCUT2D eigenvalue weighted by molar-refractivity contribution is 9.10. The van der Waals surface area contributed by atoms with Gasteiger partial charge in [0.25, 0.3) is 0 Å².